The maximum absolute atomic E-state index is 14.5. The van der Waals surface area contributed by atoms with Crippen molar-refractivity contribution in [1.82, 2.24) is 9.99 Å². The first kappa shape index (κ1) is 36.4. The average molecular weight is 774 g/mol. The fraction of sp³-hybridized carbons (Fsp3) is 0.324. The molecule has 3 fully saturated rings. The zero-order chi connectivity index (χ0) is 38.3. The molecule has 6 atom stereocenters. The zero-order valence-corrected chi connectivity index (χ0v) is 29.7. The van der Waals surface area contributed by atoms with Crippen molar-refractivity contribution >= 4 is 64.4 Å². The summed E-state index contributed by atoms with van der Waals surface area (Å²) < 4.78 is 60.1. The Bertz CT molecular complexity index is 2160. The Morgan fingerprint density at radius 3 is 2.42 bits per heavy atom. The number of pyridine rings is 1. The SMILES string of the molecule is COc1cc(C=CC2C3=CCC4C(=O)N(N(C)c5nc(C(F)(F)F)ccc5Cl)C(=O)C4C3CC3C(=O)N(c4ccc(F)c(Cl)c4)C(=O)C23C)ccc1O. The number of fused-ring (bicyclic) bond motifs is 4. The Kier molecular flexibility index (Phi) is 8.84. The highest BCUT2D eigenvalue weighted by atomic mass is 35.5. The molecule has 1 saturated carbocycles. The van der Waals surface area contributed by atoms with E-state index in [1.54, 1.807) is 37.3 Å². The fourth-order valence-electron chi connectivity index (χ4n) is 8.28. The van der Waals surface area contributed by atoms with Gasteiger partial charge in [0.25, 0.3) is 11.8 Å². The van der Waals surface area contributed by atoms with Crippen molar-refractivity contribution in [2.24, 2.45) is 35.0 Å². The van der Waals surface area contributed by atoms with Gasteiger partial charge in [0.2, 0.25) is 11.8 Å². The summed E-state index contributed by atoms with van der Waals surface area (Å²) in [4.78, 5) is 61.7. The number of aromatic hydroxyl groups is 1. The standard InChI is InChI=1S/C37H30Cl2F4N4O6/c1-36-22(9-4-17-5-12-27(48)28(14-17)53-3)19-7-8-20-30(21(19)16-23(36)33(50)46(35(36)52)18-6-11-26(40)25(39)15-18)34(51)47(32(20)49)45(2)31-24(38)10-13-29(44-31)37(41,42)43/h4-7,9-15,20-23,30,48H,8,16H2,1-3H3. The maximum atomic E-state index is 14.5. The number of alkyl halides is 3. The van der Waals surface area contributed by atoms with Crippen molar-refractivity contribution in [3.05, 3.63) is 93.4 Å². The Morgan fingerprint density at radius 2 is 1.74 bits per heavy atom. The van der Waals surface area contributed by atoms with Crippen molar-refractivity contribution in [3.63, 3.8) is 0 Å². The molecule has 2 aromatic carbocycles. The van der Waals surface area contributed by atoms with Gasteiger partial charge in [-0.1, -0.05) is 53.1 Å². The molecule has 3 aromatic rings. The number of nitrogens with zero attached hydrogens (tertiary/aromatic N) is 4. The van der Waals surface area contributed by atoms with E-state index in [0.29, 0.717) is 17.2 Å². The highest BCUT2D eigenvalue weighted by Crippen LogP contribution is 2.61. The normalized spacial score (nSPS) is 26.9. The van der Waals surface area contributed by atoms with Crippen LogP contribution in [0.2, 0.25) is 10.0 Å². The Balaban J connectivity index is 1.31. The molecular weight excluding hydrogens is 743 g/mol. The van der Waals surface area contributed by atoms with Crippen molar-refractivity contribution in [2.45, 2.75) is 25.9 Å². The van der Waals surface area contributed by atoms with E-state index in [-0.39, 0.29) is 40.1 Å². The van der Waals surface area contributed by atoms with Crippen molar-refractivity contribution in [3.8, 4) is 11.5 Å². The Labute approximate surface area is 310 Å². The molecule has 6 unspecified atom stereocenters. The van der Waals surface area contributed by atoms with Crippen LogP contribution in [-0.4, -0.2) is 52.9 Å². The van der Waals surface area contributed by atoms with E-state index in [1.807, 2.05) is 0 Å². The monoisotopic (exact) mass is 772 g/mol. The molecule has 2 aliphatic heterocycles. The number of methoxy groups -OCH3 is 1. The van der Waals surface area contributed by atoms with Crippen LogP contribution in [0.3, 0.4) is 0 Å². The zero-order valence-electron chi connectivity index (χ0n) is 28.2. The maximum Gasteiger partial charge on any atom is 0.433 e. The van der Waals surface area contributed by atoms with Crippen LogP contribution in [0, 0.1) is 40.8 Å². The summed E-state index contributed by atoms with van der Waals surface area (Å²) in [6.45, 7) is 1.65. The number of imide groups is 2. The number of carbonyl (C=O) groups excluding carboxylic acids is 4. The second kappa shape index (κ2) is 12.9. The third-order valence-corrected chi connectivity index (χ3v) is 11.5. The molecule has 0 bridgehead atoms. The number of ether oxygens (including phenoxy) is 1. The Hall–Kier alpha value is -4.95. The number of rotatable bonds is 6. The molecule has 16 heteroatoms. The molecule has 2 aliphatic carbocycles. The van der Waals surface area contributed by atoms with Gasteiger partial charge in [0.1, 0.15) is 11.5 Å². The lowest BCUT2D eigenvalue weighted by Gasteiger charge is -2.47. The molecule has 1 N–H and O–H groups in total. The van der Waals surface area contributed by atoms with E-state index in [1.165, 1.54) is 32.4 Å². The molecule has 7 rings (SSSR count). The summed E-state index contributed by atoms with van der Waals surface area (Å²) in [5.74, 6) is -8.22. The lowest BCUT2D eigenvalue weighted by molar-refractivity contribution is -0.141. The van der Waals surface area contributed by atoms with Gasteiger partial charge in [-0.15, -0.1) is 0 Å². The molecule has 10 nitrogen and oxygen atoms in total. The number of benzene rings is 2. The highest BCUT2D eigenvalue weighted by molar-refractivity contribution is 6.33. The number of phenols is 1. The van der Waals surface area contributed by atoms with Crippen LogP contribution in [0.15, 0.2) is 66.3 Å². The van der Waals surface area contributed by atoms with Gasteiger partial charge < -0.3 is 9.84 Å². The van der Waals surface area contributed by atoms with E-state index in [4.69, 9.17) is 27.9 Å². The van der Waals surface area contributed by atoms with Crippen LogP contribution >= 0.6 is 23.2 Å². The number of phenolic OH excluding ortho intramolecular Hbond substituents is 1. The molecule has 0 radical (unpaired) electrons. The summed E-state index contributed by atoms with van der Waals surface area (Å²) in [7, 11) is 2.61. The van der Waals surface area contributed by atoms with Gasteiger partial charge >= 0.3 is 6.18 Å². The van der Waals surface area contributed by atoms with Crippen LogP contribution in [0.25, 0.3) is 6.08 Å². The highest BCUT2D eigenvalue weighted by Gasteiger charge is 2.67. The summed E-state index contributed by atoms with van der Waals surface area (Å²) in [6, 6.07) is 9.79. The number of hydrogen-bond acceptors (Lipinski definition) is 8. The first-order valence-electron chi connectivity index (χ1n) is 16.4. The van der Waals surface area contributed by atoms with Gasteiger partial charge in [0, 0.05) is 13.0 Å². The quantitative estimate of drug-likeness (QED) is 0.160. The van der Waals surface area contributed by atoms with Crippen molar-refractivity contribution in [2.75, 3.05) is 24.1 Å². The molecule has 1 aromatic heterocycles. The second-order valence-corrected chi connectivity index (χ2v) is 14.4. The number of allylic oxidation sites excluding steroid dienone is 3. The van der Waals surface area contributed by atoms with E-state index in [2.05, 4.69) is 4.98 Å². The lowest BCUT2D eigenvalue weighted by atomic mass is 9.52. The minimum atomic E-state index is -4.83. The number of halogens is 6. The number of amides is 4. The van der Waals surface area contributed by atoms with E-state index < -0.39 is 82.1 Å². The van der Waals surface area contributed by atoms with Gasteiger partial charge in [-0.25, -0.2) is 14.3 Å². The summed E-state index contributed by atoms with van der Waals surface area (Å²) >= 11 is 12.3. The molecule has 276 valence electrons. The van der Waals surface area contributed by atoms with Crippen molar-refractivity contribution < 1.29 is 46.6 Å². The number of anilines is 2. The lowest BCUT2D eigenvalue weighted by Crippen LogP contribution is -2.50. The summed E-state index contributed by atoms with van der Waals surface area (Å²) in [5.41, 5.74) is -1.41. The number of hydrazine groups is 1. The van der Waals surface area contributed by atoms with Crippen LogP contribution < -0.4 is 14.6 Å². The van der Waals surface area contributed by atoms with Gasteiger partial charge in [0.05, 0.1) is 46.0 Å². The predicted octanol–water partition coefficient (Wildman–Crippen LogP) is 7.09. The minimum absolute atomic E-state index is 0.0178. The third-order valence-electron chi connectivity index (χ3n) is 10.9. The molecule has 2 saturated heterocycles. The molecule has 0 spiro atoms. The van der Waals surface area contributed by atoms with Gasteiger partial charge in [-0.05, 0) is 73.7 Å². The molecule has 4 amide bonds. The number of carbonyl (C=O) groups is 4. The van der Waals surface area contributed by atoms with Crippen LogP contribution in [0.1, 0.15) is 31.0 Å². The number of aromatic nitrogens is 1. The molecule has 53 heavy (non-hydrogen) atoms. The predicted molar refractivity (Wildman–Crippen MR) is 185 cm³/mol. The minimum Gasteiger partial charge on any atom is -0.504 e. The van der Waals surface area contributed by atoms with Gasteiger partial charge in [-0.2, -0.15) is 18.2 Å². The van der Waals surface area contributed by atoms with Gasteiger partial charge in [-0.3, -0.25) is 24.2 Å². The van der Waals surface area contributed by atoms with Crippen LogP contribution in [-0.2, 0) is 25.4 Å². The fourth-order valence-corrected chi connectivity index (χ4v) is 8.69. The van der Waals surface area contributed by atoms with Crippen LogP contribution in [0.4, 0.5) is 29.1 Å². The van der Waals surface area contributed by atoms with E-state index >= 15 is 0 Å². The van der Waals surface area contributed by atoms with E-state index in [9.17, 15) is 41.8 Å². The molecular formula is C37H30Cl2F4N4O6. The first-order chi connectivity index (χ1) is 25.0. The van der Waals surface area contributed by atoms with E-state index in [0.717, 1.165) is 27.1 Å². The summed E-state index contributed by atoms with van der Waals surface area (Å²) in [6.07, 6.45) is 0.443. The smallest absolute Gasteiger partial charge is 0.433 e. The number of hydrogen-bond donors (Lipinski definition) is 1. The third kappa shape index (κ3) is 5.65. The molecule has 3 heterocycles. The molecule has 4 aliphatic rings. The Morgan fingerprint density at radius 1 is 1.00 bits per heavy atom. The van der Waals surface area contributed by atoms with Gasteiger partial charge in [0.15, 0.2) is 17.3 Å². The van der Waals surface area contributed by atoms with Crippen molar-refractivity contribution in [1.29, 1.82) is 0 Å². The van der Waals surface area contributed by atoms with Crippen LogP contribution in [0.5, 0.6) is 11.5 Å². The topological polar surface area (TPSA) is 120 Å². The second-order valence-electron chi connectivity index (χ2n) is 13.6. The average Bonchev–Trinajstić information content (AvgIpc) is 3.48. The summed E-state index contributed by atoms with van der Waals surface area (Å²) in [5, 5.41) is 11.3. The largest absolute Gasteiger partial charge is 0.504 e. The first-order valence-corrected chi connectivity index (χ1v) is 17.2.